The van der Waals surface area contributed by atoms with Crippen LogP contribution in [0.15, 0.2) is 42.5 Å². The van der Waals surface area contributed by atoms with E-state index in [2.05, 4.69) is 63.0 Å². The minimum atomic E-state index is 1.16. The Labute approximate surface area is 79.8 Å². The van der Waals surface area contributed by atoms with Crippen molar-refractivity contribution in [3.8, 4) is 0 Å². The molecule has 2 heteroatoms. The molecule has 2 aromatic carbocycles. The van der Waals surface area contributed by atoms with Crippen LogP contribution in [0.25, 0.3) is 10.8 Å². The number of rotatable bonds is 1. The molecule has 0 radical (unpaired) electrons. The van der Waals surface area contributed by atoms with E-state index in [1.54, 1.807) is 0 Å². The van der Waals surface area contributed by atoms with Crippen molar-refractivity contribution < 1.29 is 0 Å². The molecule has 0 unspecified atom stereocenters. The molecule has 0 aromatic heterocycles. The molecule has 0 amide bonds. The maximum absolute atomic E-state index is 3.11. The summed E-state index contributed by atoms with van der Waals surface area (Å²) in [6.45, 7) is 0. The van der Waals surface area contributed by atoms with Crippen molar-refractivity contribution in [1.82, 2.24) is 0 Å². The summed E-state index contributed by atoms with van der Waals surface area (Å²) in [4.78, 5) is 0. The Kier molecular flexibility index (Phi) is 2.03. The molecule has 0 aliphatic carbocycles. The Balaban J connectivity index is 2.79. The zero-order valence-electron chi connectivity index (χ0n) is 6.49. The second kappa shape index (κ2) is 3.18. The van der Waals surface area contributed by atoms with Gasteiger partial charge in [0.2, 0.25) is 0 Å². The van der Waals surface area contributed by atoms with Gasteiger partial charge in [-0.2, -0.15) is 0 Å². The summed E-state index contributed by atoms with van der Waals surface area (Å²) in [6.07, 6.45) is 0. The standard InChI is InChI=1S/C10H9NSe/c12-11-10-7-3-5-8-4-1-2-6-9(8)10/h1-7,11-12H. The first-order valence-electron chi connectivity index (χ1n) is 3.79. The van der Waals surface area contributed by atoms with E-state index in [1.807, 2.05) is 0 Å². The Bertz CT molecular complexity index is 392. The van der Waals surface area contributed by atoms with Crippen molar-refractivity contribution in [2.75, 3.05) is 4.33 Å². The van der Waals surface area contributed by atoms with Gasteiger partial charge in [-0.3, -0.25) is 0 Å². The van der Waals surface area contributed by atoms with Crippen LogP contribution in [0.2, 0.25) is 0 Å². The van der Waals surface area contributed by atoms with E-state index in [-0.39, 0.29) is 0 Å². The van der Waals surface area contributed by atoms with E-state index >= 15 is 0 Å². The SMILES string of the molecule is [SeH]Nc1cccc2ccccc12. The van der Waals surface area contributed by atoms with Gasteiger partial charge >= 0.3 is 79.5 Å². The van der Waals surface area contributed by atoms with E-state index in [9.17, 15) is 0 Å². The number of hydrogen-bond donors (Lipinski definition) is 1. The fraction of sp³-hybridized carbons (Fsp3) is 0. The molecule has 0 aliphatic rings. The molecule has 0 atom stereocenters. The van der Waals surface area contributed by atoms with E-state index in [4.69, 9.17) is 0 Å². The maximum atomic E-state index is 3.11. The average Bonchev–Trinajstić information content (AvgIpc) is 2.17. The molecule has 0 aliphatic heterocycles. The van der Waals surface area contributed by atoms with Gasteiger partial charge in [0.1, 0.15) is 0 Å². The zero-order chi connectivity index (χ0) is 8.39. The fourth-order valence-electron chi connectivity index (χ4n) is 1.32. The third kappa shape index (κ3) is 1.20. The van der Waals surface area contributed by atoms with Crippen molar-refractivity contribution in [3.63, 3.8) is 0 Å². The summed E-state index contributed by atoms with van der Waals surface area (Å²) in [6, 6.07) is 14.6. The number of benzene rings is 2. The molecular formula is C10H9NSe. The van der Waals surface area contributed by atoms with E-state index in [1.165, 1.54) is 10.8 Å². The van der Waals surface area contributed by atoms with Crippen LogP contribution in [-0.2, 0) is 0 Å². The molecule has 0 bridgehead atoms. The van der Waals surface area contributed by atoms with Crippen molar-refractivity contribution in [3.05, 3.63) is 42.5 Å². The number of fused-ring (bicyclic) bond motifs is 1. The number of hydrogen-bond acceptors (Lipinski definition) is 1. The molecular weight excluding hydrogens is 213 g/mol. The summed E-state index contributed by atoms with van der Waals surface area (Å²) in [5, 5.41) is 2.54. The number of anilines is 1. The molecule has 0 spiro atoms. The Morgan fingerprint density at radius 2 is 1.67 bits per heavy atom. The molecule has 1 nitrogen and oxygen atoms in total. The Morgan fingerprint density at radius 3 is 2.50 bits per heavy atom. The molecule has 0 fully saturated rings. The third-order valence-electron chi connectivity index (χ3n) is 1.91. The van der Waals surface area contributed by atoms with Gasteiger partial charge in [0.15, 0.2) is 0 Å². The second-order valence-corrected chi connectivity index (χ2v) is 3.11. The first kappa shape index (κ1) is 7.66. The van der Waals surface area contributed by atoms with Crippen molar-refractivity contribution in [2.24, 2.45) is 0 Å². The predicted octanol–water partition coefficient (Wildman–Crippen LogP) is 2.07. The molecule has 12 heavy (non-hydrogen) atoms. The van der Waals surface area contributed by atoms with Crippen molar-refractivity contribution >= 4 is 32.7 Å². The van der Waals surface area contributed by atoms with Gasteiger partial charge < -0.3 is 0 Å². The second-order valence-electron chi connectivity index (χ2n) is 2.64. The third-order valence-corrected chi connectivity index (χ3v) is 2.42. The topological polar surface area (TPSA) is 12.0 Å². The van der Waals surface area contributed by atoms with Gasteiger partial charge in [-0.15, -0.1) is 0 Å². The molecule has 2 aromatic rings. The van der Waals surface area contributed by atoms with Gasteiger partial charge in [0.05, 0.1) is 0 Å². The summed E-state index contributed by atoms with van der Waals surface area (Å²) in [5.74, 6) is 0. The minimum absolute atomic E-state index is 1.16. The van der Waals surface area contributed by atoms with Crippen molar-refractivity contribution in [1.29, 1.82) is 0 Å². The quantitative estimate of drug-likeness (QED) is 0.728. The van der Waals surface area contributed by atoms with Crippen LogP contribution in [-0.4, -0.2) is 16.2 Å². The normalized spacial score (nSPS) is 10.1. The molecule has 60 valence electrons. The first-order chi connectivity index (χ1) is 5.92. The molecule has 0 saturated carbocycles. The Morgan fingerprint density at radius 1 is 0.917 bits per heavy atom. The first-order valence-corrected chi connectivity index (χ1v) is 4.73. The zero-order valence-corrected chi connectivity index (χ0v) is 8.37. The van der Waals surface area contributed by atoms with Crippen LogP contribution in [0.4, 0.5) is 5.69 Å². The van der Waals surface area contributed by atoms with Gasteiger partial charge in [-0.05, 0) is 0 Å². The van der Waals surface area contributed by atoms with Crippen molar-refractivity contribution in [2.45, 2.75) is 0 Å². The fourth-order valence-corrected chi connectivity index (χ4v) is 1.73. The predicted molar refractivity (Wildman–Crippen MR) is 54.7 cm³/mol. The number of nitrogens with one attached hydrogen (secondary N) is 1. The molecule has 0 heterocycles. The van der Waals surface area contributed by atoms with E-state index in [0.29, 0.717) is 0 Å². The van der Waals surface area contributed by atoms with Crippen LogP contribution < -0.4 is 4.33 Å². The van der Waals surface area contributed by atoms with Gasteiger partial charge in [0.25, 0.3) is 0 Å². The van der Waals surface area contributed by atoms with E-state index < -0.39 is 0 Å². The summed E-state index contributed by atoms with van der Waals surface area (Å²) in [5.41, 5.74) is 1.16. The summed E-state index contributed by atoms with van der Waals surface area (Å²) < 4.78 is 3.11. The van der Waals surface area contributed by atoms with Crippen LogP contribution in [0.1, 0.15) is 0 Å². The van der Waals surface area contributed by atoms with Crippen LogP contribution in [0, 0.1) is 0 Å². The van der Waals surface area contributed by atoms with Crippen LogP contribution >= 0.6 is 0 Å². The Hall–Kier alpha value is -0.981. The van der Waals surface area contributed by atoms with Crippen LogP contribution in [0.5, 0.6) is 0 Å². The summed E-state index contributed by atoms with van der Waals surface area (Å²) in [7, 11) is 0. The van der Waals surface area contributed by atoms with Crippen LogP contribution in [0.3, 0.4) is 0 Å². The van der Waals surface area contributed by atoms with Gasteiger partial charge in [-0.1, -0.05) is 0 Å². The molecule has 0 saturated heterocycles. The van der Waals surface area contributed by atoms with Gasteiger partial charge in [0, 0.05) is 0 Å². The molecule has 1 N–H and O–H groups in total. The molecule has 2 rings (SSSR count). The van der Waals surface area contributed by atoms with Gasteiger partial charge in [-0.25, -0.2) is 0 Å². The summed E-state index contributed by atoms with van der Waals surface area (Å²) >= 11 is 2.37. The van der Waals surface area contributed by atoms with E-state index in [0.717, 1.165) is 5.69 Å². The monoisotopic (exact) mass is 223 g/mol. The average molecular weight is 222 g/mol.